The summed E-state index contributed by atoms with van der Waals surface area (Å²) >= 11 is 5.89. The quantitative estimate of drug-likeness (QED) is 0.779. The maximum Gasteiger partial charge on any atom is 0.144 e. The van der Waals surface area contributed by atoms with Gasteiger partial charge in [-0.25, -0.2) is 4.98 Å². The Labute approximate surface area is 83.3 Å². The number of nitrogens with zero attached hydrogens (tertiary/aromatic N) is 1. The number of pyridine rings is 1. The monoisotopic (exact) mass is 199 g/mol. The maximum atomic E-state index is 5.89. The van der Waals surface area contributed by atoms with Crippen LogP contribution >= 0.6 is 11.6 Å². The van der Waals surface area contributed by atoms with E-state index in [1.54, 1.807) is 18.3 Å². The SMILES string of the molecule is CCC(N)CNc1ncccc1Cl. The molecule has 13 heavy (non-hydrogen) atoms. The van der Waals surface area contributed by atoms with Crippen molar-refractivity contribution < 1.29 is 0 Å². The molecule has 0 aliphatic heterocycles. The highest BCUT2D eigenvalue weighted by atomic mass is 35.5. The average molecular weight is 200 g/mol. The first-order valence-electron chi connectivity index (χ1n) is 4.34. The Morgan fingerprint density at radius 2 is 2.46 bits per heavy atom. The van der Waals surface area contributed by atoms with Crippen molar-refractivity contribution in [2.24, 2.45) is 5.73 Å². The van der Waals surface area contributed by atoms with Crippen LogP contribution in [-0.2, 0) is 0 Å². The molecule has 0 aromatic carbocycles. The molecular formula is C9H14ClN3. The van der Waals surface area contributed by atoms with E-state index in [0.29, 0.717) is 17.4 Å². The van der Waals surface area contributed by atoms with Gasteiger partial charge in [-0.3, -0.25) is 0 Å². The fourth-order valence-electron chi connectivity index (χ4n) is 0.888. The van der Waals surface area contributed by atoms with Crippen LogP contribution in [-0.4, -0.2) is 17.6 Å². The fraction of sp³-hybridized carbons (Fsp3) is 0.444. The van der Waals surface area contributed by atoms with Crippen LogP contribution in [0.1, 0.15) is 13.3 Å². The van der Waals surface area contributed by atoms with E-state index in [1.807, 2.05) is 6.92 Å². The Kier molecular flexibility index (Phi) is 3.99. The van der Waals surface area contributed by atoms with Crippen molar-refractivity contribution in [2.75, 3.05) is 11.9 Å². The Balaban J connectivity index is 2.50. The molecule has 0 aliphatic rings. The van der Waals surface area contributed by atoms with E-state index in [2.05, 4.69) is 10.3 Å². The molecule has 1 aromatic heterocycles. The smallest absolute Gasteiger partial charge is 0.144 e. The molecule has 3 nitrogen and oxygen atoms in total. The van der Waals surface area contributed by atoms with Crippen LogP contribution in [0, 0.1) is 0 Å². The topological polar surface area (TPSA) is 50.9 Å². The van der Waals surface area contributed by atoms with E-state index in [0.717, 1.165) is 6.42 Å². The second kappa shape index (κ2) is 5.04. The molecule has 3 N–H and O–H groups in total. The summed E-state index contributed by atoms with van der Waals surface area (Å²) in [4.78, 5) is 4.09. The Morgan fingerprint density at radius 1 is 1.69 bits per heavy atom. The van der Waals surface area contributed by atoms with Crippen molar-refractivity contribution in [3.8, 4) is 0 Å². The molecule has 0 fully saturated rings. The lowest BCUT2D eigenvalue weighted by atomic mass is 10.2. The lowest BCUT2D eigenvalue weighted by Crippen LogP contribution is -2.28. The third kappa shape index (κ3) is 3.20. The lowest BCUT2D eigenvalue weighted by Gasteiger charge is -2.11. The van der Waals surface area contributed by atoms with E-state index in [4.69, 9.17) is 17.3 Å². The third-order valence-corrected chi connectivity index (χ3v) is 2.12. The van der Waals surface area contributed by atoms with Crippen LogP contribution in [0.5, 0.6) is 0 Å². The minimum Gasteiger partial charge on any atom is -0.367 e. The number of hydrogen-bond donors (Lipinski definition) is 2. The van der Waals surface area contributed by atoms with Crippen LogP contribution in [0.3, 0.4) is 0 Å². The minimum absolute atomic E-state index is 0.151. The minimum atomic E-state index is 0.151. The van der Waals surface area contributed by atoms with Crippen molar-refractivity contribution >= 4 is 17.4 Å². The summed E-state index contributed by atoms with van der Waals surface area (Å²) in [5, 5.41) is 3.73. The predicted octanol–water partition coefficient (Wildman–Crippen LogP) is 1.88. The molecule has 0 radical (unpaired) electrons. The van der Waals surface area contributed by atoms with Gasteiger partial charge >= 0.3 is 0 Å². The van der Waals surface area contributed by atoms with E-state index >= 15 is 0 Å². The molecule has 0 saturated carbocycles. The van der Waals surface area contributed by atoms with Crippen LogP contribution in [0.15, 0.2) is 18.3 Å². The molecule has 1 atom stereocenters. The summed E-state index contributed by atoms with van der Waals surface area (Å²) in [5.41, 5.74) is 5.74. The van der Waals surface area contributed by atoms with E-state index in [9.17, 15) is 0 Å². The molecule has 1 unspecified atom stereocenters. The molecule has 0 saturated heterocycles. The fourth-order valence-corrected chi connectivity index (χ4v) is 1.08. The molecule has 1 aromatic rings. The number of halogens is 1. The Hall–Kier alpha value is -0.800. The maximum absolute atomic E-state index is 5.89. The third-order valence-electron chi connectivity index (χ3n) is 1.81. The summed E-state index contributed by atoms with van der Waals surface area (Å²) in [7, 11) is 0. The molecule has 0 spiro atoms. The van der Waals surface area contributed by atoms with Crippen molar-refractivity contribution in [2.45, 2.75) is 19.4 Å². The van der Waals surface area contributed by atoms with Crippen molar-refractivity contribution in [3.05, 3.63) is 23.4 Å². The molecule has 72 valence electrons. The molecule has 1 rings (SSSR count). The summed E-state index contributed by atoms with van der Waals surface area (Å²) < 4.78 is 0. The number of nitrogens with two attached hydrogens (primary N) is 1. The van der Waals surface area contributed by atoms with Gasteiger partial charge in [0.15, 0.2) is 0 Å². The van der Waals surface area contributed by atoms with Gasteiger partial charge in [-0.15, -0.1) is 0 Å². The second-order valence-electron chi connectivity index (χ2n) is 2.88. The van der Waals surface area contributed by atoms with Gasteiger partial charge in [-0.1, -0.05) is 18.5 Å². The van der Waals surface area contributed by atoms with E-state index in [-0.39, 0.29) is 6.04 Å². The zero-order valence-corrected chi connectivity index (χ0v) is 8.38. The standard InChI is InChI=1S/C9H14ClN3/c1-2-7(11)6-13-9-8(10)4-3-5-12-9/h3-5,7H,2,6,11H2,1H3,(H,12,13). The first kappa shape index (κ1) is 10.3. The normalized spacial score (nSPS) is 12.5. The van der Waals surface area contributed by atoms with Crippen LogP contribution in [0.4, 0.5) is 5.82 Å². The van der Waals surface area contributed by atoms with Crippen molar-refractivity contribution in [3.63, 3.8) is 0 Å². The zero-order chi connectivity index (χ0) is 9.68. The number of aromatic nitrogens is 1. The Bertz CT molecular complexity index is 265. The molecule has 0 bridgehead atoms. The van der Waals surface area contributed by atoms with Gasteiger partial charge in [0, 0.05) is 18.8 Å². The van der Waals surface area contributed by atoms with Crippen LogP contribution in [0.25, 0.3) is 0 Å². The van der Waals surface area contributed by atoms with Crippen LogP contribution < -0.4 is 11.1 Å². The summed E-state index contributed by atoms with van der Waals surface area (Å²) in [6.45, 7) is 2.75. The number of hydrogen-bond acceptors (Lipinski definition) is 3. The molecule has 4 heteroatoms. The zero-order valence-electron chi connectivity index (χ0n) is 7.63. The molecule has 0 amide bonds. The van der Waals surface area contributed by atoms with Crippen molar-refractivity contribution in [1.82, 2.24) is 4.98 Å². The van der Waals surface area contributed by atoms with Gasteiger partial charge < -0.3 is 11.1 Å². The summed E-state index contributed by atoms with van der Waals surface area (Å²) in [5.74, 6) is 0.702. The van der Waals surface area contributed by atoms with E-state index < -0.39 is 0 Å². The number of nitrogens with one attached hydrogen (secondary N) is 1. The number of rotatable bonds is 4. The lowest BCUT2D eigenvalue weighted by molar-refractivity contribution is 0.678. The van der Waals surface area contributed by atoms with Gasteiger partial charge in [0.1, 0.15) is 5.82 Å². The number of anilines is 1. The Morgan fingerprint density at radius 3 is 3.08 bits per heavy atom. The highest BCUT2D eigenvalue weighted by molar-refractivity contribution is 6.32. The molecule has 1 heterocycles. The summed E-state index contributed by atoms with van der Waals surface area (Å²) in [6.07, 6.45) is 2.64. The van der Waals surface area contributed by atoms with Crippen LogP contribution in [0.2, 0.25) is 5.02 Å². The first-order valence-corrected chi connectivity index (χ1v) is 4.71. The largest absolute Gasteiger partial charge is 0.367 e. The van der Waals surface area contributed by atoms with Crippen molar-refractivity contribution in [1.29, 1.82) is 0 Å². The van der Waals surface area contributed by atoms with Gasteiger partial charge in [-0.05, 0) is 18.6 Å². The highest BCUT2D eigenvalue weighted by Gasteiger charge is 2.02. The second-order valence-corrected chi connectivity index (χ2v) is 3.29. The van der Waals surface area contributed by atoms with Gasteiger partial charge in [0.05, 0.1) is 5.02 Å². The molecular weight excluding hydrogens is 186 g/mol. The van der Waals surface area contributed by atoms with Gasteiger partial charge in [0.2, 0.25) is 0 Å². The van der Waals surface area contributed by atoms with Gasteiger partial charge in [0.25, 0.3) is 0 Å². The van der Waals surface area contributed by atoms with E-state index in [1.165, 1.54) is 0 Å². The highest BCUT2D eigenvalue weighted by Crippen LogP contribution is 2.16. The average Bonchev–Trinajstić information content (AvgIpc) is 2.16. The first-order chi connectivity index (χ1) is 6.24. The van der Waals surface area contributed by atoms with Gasteiger partial charge in [-0.2, -0.15) is 0 Å². The predicted molar refractivity (Wildman–Crippen MR) is 56.0 cm³/mol. The molecule has 0 aliphatic carbocycles. The summed E-state index contributed by atoms with van der Waals surface area (Å²) in [6, 6.07) is 3.75.